The maximum atomic E-state index is 2.00. The molecule has 0 heterocycles. The van der Waals surface area contributed by atoms with Crippen molar-refractivity contribution in [3.05, 3.63) is 0 Å². The van der Waals surface area contributed by atoms with Crippen molar-refractivity contribution in [1.82, 2.24) is 0 Å². The molecule has 0 amide bonds. The molecule has 0 N–H and O–H groups in total. The first kappa shape index (κ1) is 33.2. The quantitative estimate of drug-likeness (QED) is 0.300. The van der Waals surface area contributed by atoms with E-state index in [0.29, 0.717) is 0 Å². The van der Waals surface area contributed by atoms with Crippen LogP contribution in [-0.2, 0) is 0 Å². The molecule has 2 bridgehead atoms. The van der Waals surface area contributed by atoms with Crippen molar-refractivity contribution >= 4 is 0 Å². The standard InChI is InChI=1S/C15H24.C14H24.4C2H6/c1-2-6-12-11(5-1)9-15-8-4-3-7-13(12)14(15)10-15;1-3-7-13-11(5-1)9-10-12-6-2-4-8-14(12)13;4*1-2/h11-14H,1-10H2;11-14H,1-10H2;4*1-2H3. The Morgan fingerprint density at radius 2 is 0.730 bits per heavy atom. The summed E-state index contributed by atoms with van der Waals surface area (Å²) in [5.41, 5.74) is 0.916. The summed E-state index contributed by atoms with van der Waals surface area (Å²) in [5, 5.41) is 0. The molecule has 0 spiro atoms. The van der Waals surface area contributed by atoms with Crippen molar-refractivity contribution < 1.29 is 0 Å². The fraction of sp³-hybridized carbons (Fsp3) is 1.00. The SMILES string of the molecule is C1CCC2C(C1)CC13CCCCC2C1C3.C1CCC2C(C1)CCC1CCCCC12.CC.CC.CC.CC. The average molecular weight is 517 g/mol. The molecule has 0 radical (unpaired) electrons. The molecule has 220 valence electrons. The van der Waals surface area contributed by atoms with Crippen LogP contribution in [0.15, 0.2) is 0 Å². The van der Waals surface area contributed by atoms with E-state index < -0.39 is 0 Å². The Kier molecular flexibility index (Phi) is 15.8. The van der Waals surface area contributed by atoms with Crippen molar-refractivity contribution in [2.24, 2.45) is 52.8 Å². The lowest BCUT2D eigenvalue weighted by Crippen LogP contribution is -2.38. The second-order valence-corrected chi connectivity index (χ2v) is 13.0. The molecule has 0 heteroatoms. The van der Waals surface area contributed by atoms with Gasteiger partial charge in [-0.3, -0.25) is 0 Å². The summed E-state index contributed by atoms with van der Waals surface area (Å²) >= 11 is 0. The zero-order valence-corrected chi connectivity index (χ0v) is 27.3. The Hall–Kier alpha value is 0. The monoisotopic (exact) mass is 517 g/mol. The maximum Gasteiger partial charge on any atom is -0.0261 e. The van der Waals surface area contributed by atoms with Gasteiger partial charge in [0.25, 0.3) is 0 Å². The lowest BCUT2D eigenvalue weighted by Gasteiger charge is -2.48. The Morgan fingerprint density at radius 3 is 1.24 bits per heavy atom. The molecule has 37 heavy (non-hydrogen) atoms. The van der Waals surface area contributed by atoms with E-state index in [1.54, 1.807) is 128 Å². The van der Waals surface area contributed by atoms with Crippen LogP contribution in [0.4, 0.5) is 0 Å². The van der Waals surface area contributed by atoms with Crippen molar-refractivity contribution in [2.75, 3.05) is 0 Å². The zero-order chi connectivity index (χ0) is 27.3. The molecule has 0 aliphatic heterocycles. The number of hydrogen-bond donors (Lipinski definition) is 0. The minimum atomic E-state index is 0.916. The second-order valence-electron chi connectivity index (χ2n) is 13.0. The third kappa shape index (κ3) is 8.03. The van der Waals surface area contributed by atoms with Crippen molar-refractivity contribution in [3.63, 3.8) is 0 Å². The molecule has 7 saturated carbocycles. The lowest BCUT2D eigenvalue weighted by molar-refractivity contribution is 0.0278. The van der Waals surface area contributed by atoms with Gasteiger partial charge in [-0.05, 0) is 111 Å². The number of fused-ring (bicyclic) bond motifs is 5. The van der Waals surface area contributed by atoms with E-state index >= 15 is 0 Å². The normalized spacial score (nSPS) is 42.2. The average Bonchev–Trinajstić information content (AvgIpc) is 3.74. The van der Waals surface area contributed by atoms with Crippen LogP contribution in [0.5, 0.6) is 0 Å². The van der Waals surface area contributed by atoms with E-state index in [4.69, 9.17) is 0 Å². The smallest absolute Gasteiger partial charge is 0.0261 e. The van der Waals surface area contributed by atoms with Gasteiger partial charge < -0.3 is 0 Å². The lowest BCUT2D eigenvalue weighted by atomic mass is 9.58. The van der Waals surface area contributed by atoms with Gasteiger partial charge in [0.1, 0.15) is 0 Å². The van der Waals surface area contributed by atoms with Gasteiger partial charge in [-0.2, -0.15) is 0 Å². The summed E-state index contributed by atoms with van der Waals surface area (Å²) < 4.78 is 0. The summed E-state index contributed by atoms with van der Waals surface area (Å²) in [4.78, 5) is 0. The molecule has 7 fully saturated rings. The van der Waals surface area contributed by atoms with Crippen LogP contribution in [0.2, 0.25) is 0 Å². The van der Waals surface area contributed by atoms with Crippen LogP contribution >= 0.6 is 0 Å². The predicted molar refractivity (Wildman–Crippen MR) is 168 cm³/mol. The maximum absolute atomic E-state index is 2.00. The Labute approximate surface area is 236 Å². The van der Waals surface area contributed by atoms with Gasteiger partial charge in [0, 0.05) is 0 Å². The van der Waals surface area contributed by atoms with Gasteiger partial charge in [0.15, 0.2) is 0 Å². The summed E-state index contributed by atoms with van der Waals surface area (Å²) in [6.07, 6.45) is 31.6. The molecule has 9 unspecified atom stereocenters. The molecule has 7 rings (SSSR count). The topological polar surface area (TPSA) is 0 Å². The van der Waals surface area contributed by atoms with Crippen molar-refractivity contribution in [1.29, 1.82) is 0 Å². The predicted octanol–water partition coefficient (Wildman–Crippen LogP) is 12.9. The van der Waals surface area contributed by atoms with E-state index in [0.717, 1.165) is 17.3 Å². The van der Waals surface area contributed by atoms with Gasteiger partial charge >= 0.3 is 0 Å². The number of rotatable bonds is 0. The molecular weight excluding hydrogens is 444 g/mol. The molecular formula is C37H72. The van der Waals surface area contributed by atoms with Crippen LogP contribution < -0.4 is 0 Å². The highest BCUT2D eigenvalue weighted by molar-refractivity contribution is 5.12. The molecule has 7 aliphatic carbocycles. The highest BCUT2D eigenvalue weighted by Gasteiger charge is 2.63. The highest BCUT2D eigenvalue weighted by Crippen LogP contribution is 2.72. The largest absolute Gasteiger partial charge is 0.0683 e. The molecule has 9 atom stereocenters. The van der Waals surface area contributed by atoms with Crippen LogP contribution in [0.3, 0.4) is 0 Å². The van der Waals surface area contributed by atoms with E-state index in [-0.39, 0.29) is 0 Å². The summed E-state index contributed by atoms with van der Waals surface area (Å²) in [6.45, 7) is 16.0. The first-order chi connectivity index (χ1) is 18.3. The van der Waals surface area contributed by atoms with Gasteiger partial charge in [-0.15, -0.1) is 0 Å². The number of hydrogen-bond acceptors (Lipinski definition) is 0. The zero-order valence-electron chi connectivity index (χ0n) is 27.3. The van der Waals surface area contributed by atoms with Crippen LogP contribution in [0.25, 0.3) is 0 Å². The van der Waals surface area contributed by atoms with Crippen molar-refractivity contribution in [2.45, 2.75) is 184 Å². The molecule has 0 aromatic heterocycles. The summed E-state index contributed by atoms with van der Waals surface area (Å²) in [7, 11) is 0. The van der Waals surface area contributed by atoms with Crippen LogP contribution in [-0.4, -0.2) is 0 Å². The van der Waals surface area contributed by atoms with Crippen LogP contribution in [0.1, 0.15) is 184 Å². The molecule has 0 saturated heterocycles. The molecule has 0 nitrogen and oxygen atoms in total. The molecule has 7 aliphatic rings. The summed E-state index contributed by atoms with van der Waals surface area (Å²) in [6, 6.07) is 0. The van der Waals surface area contributed by atoms with E-state index in [2.05, 4.69) is 0 Å². The van der Waals surface area contributed by atoms with Gasteiger partial charge in [-0.1, -0.05) is 126 Å². The van der Waals surface area contributed by atoms with Crippen LogP contribution in [0, 0.1) is 52.8 Å². The minimum absolute atomic E-state index is 0.916. The van der Waals surface area contributed by atoms with E-state index in [9.17, 15) is 0 Å². The third-order valence-electron chi connectivity index (χ3n) is 11.8. The first-order valence-corrected chi connectivity index (χ1v) is 18.3. The fourth-order valence-electron chi connectivity index (χ4n) is 10.5. The van der Waals surface area contributed by atoms with E-state index in [1.165, 1.54) is 35.5 Å². The molecule has 0 aromatic rings. The Bertz CT molecular complexity index is 542. The molecule has 0 aromatic carbocycles. The van der Waals surface area contributed by atoms with E-state index in [1.807, 2.05) is 55.4 Å². The Morgan fingerprint density at radius 1 is 0.351 bits per heavy atom. The fourth-order valence-corrected chi connectivity index (χ4v) is 10.5. The highest BCUT2D eigenvalue weighted by atomic mass is 14.7. The minimum Gasteiger partial charge on any atom is -0.0683 e. The second kappa shape index (κ2) is 17.6. The van der Waals surface area contributed by atoms with Gasteiger partial charge in [0.2, 0.25) is 0 Å². The van der Waals surface area contributed by atoms with Gasteiger partial charge in [0.05, 0.1) is 0 Å². The van der Waals surface area contributed by atoms with Gasteiger partial charge in [-0.25, -0.2) is 0 Å². The first-order valence-electron chi connectivity index (χ1n) is 18.3. The summed E-state index contributed by atoms with van der Waals surface area (Å²) in [5.74, 6) is 9.39. The Balaban J connectivity index is 0.000000206. The van der Waals surface area contributed by atoms with Crippen molar-refractivity contribution in [3.8, 4) is 0 Å². The third-order valence-corrected chi connectivity index (χ3v) is 11.8.